The third-order valence-electron chi connectivity index (χ3n) is 5.32. The summed E-state index contributed by atoms with van der Waals surface area (Å²) in [6.07, 6.45) is 0. The molecule has 1 amide bonds. The van der Waals surface area contributed by atoms with Gasteiger partial charge in [0.15, 0.2) is 11.5 Å². The molecule has 3 aromatic rings. The predicted octanol–water partition coefficient (Wildman–Crippen LogP) is 4.73. The van der Waals surface area contributed by atoms with Gasteiger partial charge < -0.3 is 14.8 Å². The average molecular weight is 450 g/mol. The summed E-state index contributed by atoms with van der Waals surface area (Å²) in [5.74, 6) is 0.810. The lowest BCUT2D eigenvalue weighted by Crippen LogP contribution is -2.34. The Bertz CT molecular complexity index is 1130. The van der Waals surface area contributed by atoms with Gasteiger partial charge in [0.2, 0.25) is 5.91 Å². The maximum atomic E-state index is 13.5. The van der Waals surface area contributed by atoms with Crippen molar-refractivity contribution in [1.82, 2.24) is 4.90 Å². The van der Waals surface area contributed by atoms with Crippen LogP contribution in [0.2, 0.25) is 0 Å². The summed E-state index contributed by atoms with van der Waals surface area (Å²) >= 11 is 0. The number of carbonyl (C=O) groups excluding carboxylic acids is 1. The van der Waals surface area contributed by atoms with Crippen LogP contribution in [-0.2, 0) is 11.3 Å². The first-order chi connectivity index (χ1) is 15.8. The number of nitro groups is 1. The van der Waals surface area contributed by atoms with Gasteiger partial charge in [-0.2, -0.15) is 0 Å². The number of nitro benzene ring substituents is 1. The van der Waals surface area contributed by atoms with Crippen LogP contribution in [0.15, 0.2) is 66.7 Å². The average Bonchev–Trinajstić information content (AvgIpc) is 2.80. The van der Waals surface area contributed by atoms with Crippen LogP contribution in [0, 0.1) is 17.0 Å². The zero-order chi connectivity index (χ0) is 24.0. The Labute approximate surface area is 192 Å². The first kappa shape index (κ1) is 23.7. The smallest absolute Gasteiger partial charge is 0.293 e. The number of hydrogen-bond acceptors (Lipinski definition) is 6. The van der Waals surface area contributed by atoms with Crippen LogP contribution in [0.1, 0.15) is 22.7 Å². The SMILES string of the molecule is COc1cccc(CN(C)C(C(=O)Nc2ccc(C)cc2[N+](=O)[O-])c2ccccc2)c1OC. The van der Waals surface area contributed by atoms with Crippen LogP contribution in [0.4, 0.5) is 11.4 Å². The second kappa shape index (κ2) is 10.6. The van der Waals surface area contributed by atoms with E-state index in [9.17, 15) is 14.9 Å². The van der Waals surface area contributed by atoms with Crippen LogP contribution in [0.3, 0.4) is 0 Å². The van der Waals surface area contributed by atoms with Gasteiger partial charge in [0.1, 0.15) is 11.7 Å². The molecule has 0 radical (unpaired) electrons. The minimum absolute atomic E-state index is 0.146. The maximum absolute atomic E-state index is 13.5. The second-order valence-corrected chi connectivity index (χ2v) is 7.65. The van der Waals surface area contributed by atoms with Crippen LogP contribution in [0.25, 0.3) is 0 Å². The normalized spacial score (nSPS) is 11.7. The van der Waals surface area contributed by atoms with Crippen LogP contribution in [0.5, 0.6) is 11.5 Å². The molecule has 0 aliphatic carbocycles. The van der Waals surface area contributed by atoms with Gasteiger partial charge in [-0.1, -0.05) is 48.5 Å². The fraction of sp³-hybridized carbons (Fsp3) is 0.240. The number of para-hydroxylation sites is 1. The van der Waals surface area contributed by atoms with Crippen molar-refractivity contribution < 1.29 is 19.2 Å². The molecule has 0 bridgehead atoms. The van der Waals surface area contributed by atoms with Gasteiger partial charge in [-0.25, -0.2) is 0 Å². The molecule has 1 atom stereocenters. The van der Waals surface area contributed by atoms with Crippen molar-refractivity contribution in [2.45, 2.75) is 19.5 Å². The molecule has 3 rings (SSSR count). The molecular weight excluding hydrogens is 422 g/mol. The van der Waals surface area contributed by atoms with Gasteiger partial charge in [0.05, 0.1) is 19.1 Å². The number of likely N-dealkylation sites (N-methyl/N-ethyl adjacent to an activating group) is 1. The number of amides is 1. The number of nitrogens with zero attached hydrogens (tertiary/aromatic N) is 2. The molecule has 3 aromatic carbocycles. The minimum Gasteiger partial charge on any atom is -0.493 e. The van der Waals surface area contributed by atoms with Crippen LogP contribution in [-0.4, -0.2) is 37.0 Å². The number of ether oxygens (including phenoxy) is 2. The van der Waals surface area contributed by atoms with Crippen molar-refractivity contribution in [2.75, 3.05) is 26.6 Å². The highest BCUT2D eigenvalue weighted by Gasteiger charge is 2.28. The Balaban J connectivity index is 1.95. The number of methoxy groups -OCH3 is 2. The molecule has 33 heavy (non-hydrogen) atoms. The van der Waals surface area contributed by atoms with Gasteiger partial charge in [-0.3, -0.25) is 19.8 Å². The van der Waals surface area contributed by atoms with E-state index in [1.807, 2.05) is 54.4 Å². The fourth-order valence-corrected chi connectivity index (χ4v) is 3.78. The lowest BCUT2D eigenvalue weighted by molar-refractivity contribution is -0.384. The predicted molar refractivity (Wildman–Crippen MR) is 127 cm³/mol. The lowest BCUT2D eigenvalue weighted by Gasteiger charge is -2.28. The van der Waals surface area contributed by atoms with Crippen LogP contribution >= 0.6 is 0 Å². The van der Waals surface area contributed by atoms with E-state index in [0.29, 0.717) is 18.0 Å². The molecule has 1 N–H and O–H groups in total. The maximum Gasteiger partial charge on any atom is 0.293 e. The quantitative estimate of drug-likeness (QED) is 0.375. The van der Waals surface area contributed by atoms with E-state index >= 15 is 0 Å². The minimum atomic E-state index is -0.706. The summed E-state index contributed by atoms with van der Waals surface area (Å²) < 4.78 is 10.9. The van der Waals surface area contributed by atoms with Gasteiger partial charge in [0.25, 0.3) is 5.69 Å². The molecule has 1 unspecified atom stereocenters. The third-order valence-corrected chi connectivity index (χ3v) is 5.32. The van der Waals surface area contributed by atoms with Crippen molar-refractivity contribution in [3.63, 3.8) is 0 Å². The molecule has 0 spiro atoms. The van der Waals surface area contributed by atoms with Crippen molar-refractivity contribution in [1.29, 1.82) is 0 Å². The van der Waals surface area contributed by atoms with E-state index in [-0.39, 0.29) is 17.3 Å². The summed E-state index contributed by atoms with van der Waals surface area (Å²) in [4.78, 5) is 26.3. The van der Waals surface area contributed by atoms with E-state index < -0.39 is 11.0 Å². The van der Waals surface area contributed by atoms with Gasteiger partial charge in [0, 0.05) is 18.2 Å². The second-order valence-electron chi connectivity index (χ2n) is 7.65. The molecule has 0 aromatic heterocycles. The summed E-state index contributed by atoms with van der Waals surface area (Å²) in [6.45, 7) is 2.14. The topological polar surface area (TPSA) is 93.9 Å². The van der Waals surface area contributed by atoms with Gasteiger partial charge in [-0.15, -0.1) is 0 Å². The molecular formula is C25H27N3O5. The molecule has 8 nitrogen and oxygen atoms in total. The van der Waals surface area contributed by atoms with E-state index in [0.717, 1.165) is 16.7 Å². The van der Waals surface area contributed by atoms with Crippen molar-refractivity contribution >= 4 is 17.3 Å². The molecule has 8 heteroatoms. The number of aryl methyl sites for hydroxylation is 1. The number of carbonyl (C=O) groups is 1. The van der Waals surface area contributed by atoms with E-state index in [1.165, 1.54) is 6.07 Å². The first-order valence-electron chi connectivity index (χ1n) is 10.4. The first-order valence-corrected chi connectivity index (χ1v) is 10.4. The molecule has 0 aliphatic heterocycles. The number of hydrogen-bond donors (Lipinski definition) is 1. The molecule has 0 saturated heterocycles. The van der Waals surface area contributed by atoms with Gasteiger partial charge >= 0.3 is 0 Å². The Morgan fingerprint density at radius 2 is 1.79 bits per heavy atom. The monoisotopic (exact) mass is 449 g/mol. The Kier molecular flexibility index (Phi) is 7.63. The number of nitrogens with one attached hydrogen (secondary N) is 1. The molecule has 0 heterocycles. The number of rotatable bonds is 9. The Morgan fingerprint density at radius 3 is 2.42 bits per heavy atom. The Hall–Kier alpha value is -3.91. The zero-order valence-electron chi connectivity index (χ0n) is 19.1. The highest BCUT2D eigenvalue weighted by Crippen LogP contribution is 2.34. The van der Waals surface area contributed by atoms with E-state index in [2.05, 4.69) is 5.32 Å². The third kappa shape index (κ3) is 5.48. The highest BCUT2D eigenvalue weighted by molar-refractivity contribution is 5.97. The lowest BCUT2D eigenvalue weighted by atomic mass is 10.0. The van der Waals surface area contributed by atoms with Crippen LogP contribution < -0.4 is 14.8 Å². The summed E-state index contributed by atoms with van der Waals surface area (Å²) in [7, 11) is 4.96. The molecule has 0 saturated carbocycles. The van der Waals surface area contributed by atoms with Crippen molar-refractivity contribution in [2.24, 2.45) is 0 Å². The molecule has 0 fully saturated rings. The largest absolute Gasteiger partial charge is 0.493 e. The molecule has 172 valence electrons. The number of benzene rings is 3. The fourth-order valence-electron chi connectivity index (χ4n) is 3.78. The summed E-state index contributed by atoms with van der Waals surface area (Å²) in [6, 6.07) is 18.9. The van der Waals surface area contributed by atoms with Crippen molar-refractivity contribution in [3.05, 3.63) is 93.5 Å². The number of anilines is 1. The highest BCUT2D eigenvalue weighted by atomic mass is 16.6. The Morgan fingerprint density at radius 1 is 1.06 bits per heavy atom. The molecule has 0 aliphatic rings. The van der Waals surface area contributed by atoms with Gasteiger partial charge in [-0.05, 0) is 37.2 Å². The standard InChI is InChI=1S/C25H27N3O5/c1-17-13-14-20(21(15-17)28(30)31)26-25(29)23(18-9-6-5-7-10-18)27(2)16-19-11-8-12-22(32-3)24(19)33-4/h5-15,23H,16H2,1-4H3,(H,26,29). The van der Waals surface area contributed by atoms with E-state index in [4.69, 9.17) is 9.47 Å². The van der Waals surface area contributed by atoms with Crippen molar-refractivity contribution in [3.8, 4) is 11.5 Å². The zero-order valence-corrected chi connectivity index (χ0v) is 19.1. The summed E-state index contributed by atoms with van der Waals surface area (Å²) in [5.41, 5.74) is 2.35. The summed E-state index contributed by atoms with van der Waals surface area (Å²) in [5, 5.41) is 14.3. The van der Waals surface area contributed by atoms with E-state index in [1.54, 1.807) is 39.3 Å².